The molecule has 0 amide bonds. The van der Waals surface area contributed by atoms with Gasteiger partial charge in [-0.15, -0.1) is 0 Å². The molecule has 1 unspecified atom stereocenters. The van der Waals surface area contributed by atoms with Crippen LogP contribution in [-0.4, -0.2) is 5.78 Å². The van der Waals surface area contributed by atoms with Gasteiger partial charge in [0.15, 0.2) is 0 Å². The Morgan fingerprint density at radius 3 is 2.42 bits per heavy atom. The Labute approximate surface area is 158 Å². The maximum atomic E-state index is 11.8. The molecule has 0 saturated heterocycles. The zero-order valence-corrected chi connectivity index (χ0v) is 16.1. The summed E-state index contributed by atoms with van der Waals surface area (Å²) in [4.78, 5) is 11.8. The van der Waals surface area contributed by atoms with E-state index in [9.17, 15) is 4.79 Å². The van der Waals surface area contributed by atoms with Gasteiger partial charge in [-0.2, -0.15) is 0 Å². The smallest absolute Gasteiger partial charge is 0.205 e. The van der Waals surface area contributed by atoms with Gasteiger partial charge < -0.3 is 0 Å². The van der Waals surface area contributed by atoms with Gasteiger partial charge in [0.1, 0.15) is 0 Å². The first kappa shape index (κ1) is 20.0. The quantitative estimate of drug-likeness (QED) is 0.295. The van der Waals surface area contributed by atoms with Crippen LogP contribution in [0.2, 0.25) is 0 Å². The molecule has 0 bridgehead atoms. The molecule has 2 rings (SSSR count). The van der Waals surface area contributed by atoms with E-state index in [4.69, 9.17) is 0 Å². The van der Waals surface area contributed by atoms with E-state index >= 15 is 0 Å². The molecule has 0 heterocycles. The highest BCUT2D eigenvalue weighted by Gasteiger charge is 2.15. The summed E-state index contributed by atoms with van der Waals surface area (Å²) in [5.41, 5.74) is 4.21. The maximum Gasteiger partial charge on any atom is 0.205 e. The molecular formula is C25H30O. The molecule has 0 aliphatic heterocycles. The Kier molecular flexibility index (Phi) is 8.70. The summed E-state index contributed by atoms with van der Waals surface area (Å²) >= 11 is 0. The molecule has 0 aromatic heterocycles. The lowest BCUT2D eigenvalue weighted by Gasteiger charge is -2.20. The van der Waals surface area contributed by atoms with Crippen LogP contribution >= 0.6 is 0 Å². The Bertz CT molecular complexity index is 733. The predicted octanol–water partition coefficient (Wildman–Crippen LogP) is 6.31. The number of hydrogen-bond donors (Lipinski definition) is 0. The third-order valence-electron chi connectivity index (χ3n) is 4.74. The predicted molar refractivity (Wildman–Crippen MR) is 110 cm³/mol. The van der Waals surface area contributed by atoms with Crippen LogP contribution in [0.4, 0.5) is 0 Å². The van der Waals surface area contributed by atoms with Crippen molar-refractivity contribution in [3.8, 4) is 11.8 Å². The molecular weight excluding hydrogens is 316 g/mol. The zero-order chi connectivity index (χ0) is 18.6. The van der Waals surface area contributed by atoms with E-state index in [1.807, 2.05) is 0 Å². The zero-order valence-electron chi connectivity index (χ0n) is 16.1. The summed E-state index contributed by atoms with van der Waals surface area (Å²) in [5, 5.41) is 0. The summed E-state index contributed by atoms with van der Waals surface area (Å²) in [5.74, 6) is 6.22. The average molecular weight is 347 g/mol. The van der Waals surface area contributed by atoms with E-state index in [-0.39, 0.29) is 5.78 Å². The topological polar surface area (TPSA) is 17.1 Å². The molecule has 0 saturated carbocycles. The molecule has 26 heavy (non-hydrogen) atoms. The summed E-state index contributed by atoms with van der Waals surface area (Å²) in [6.45, 7) is 4.33. The lowest BCUT2D eigenvalue weighted by molar-refractivity contribution is -0.113. The number of ketones is 1. The molecule has 2 aromatic rings. The number of aryl methyl sites for hydroxylation is 1. The Balaban J connectivity index is 1.97. The Morgan fingerprint density at radius 2 is 1.69 bits per heavy atom. The number of unbranched alkanes of at least 4 members (excludes halogenated alkanes) is 2. The number of hydrogen-bond acceptors (Lipinski definition) is 1. The van der Waals surface area contributed by atoms with E-state index in [2.05, 4.69) is 80.3 Å². The van der Waals surface area contributed by atoms with Gasteiger partial charge in [0.25, 0.3) is 0 Å². The fraction of sp³-hybridized carbons (Fsp3) is 0.400. The molecule has 2 aromatic carbocycles. The molecule has 0 N–H and O–H groups in total. The van der Waals surface area contributed by atoms with E-state index in [1.165, 1.54) is 16.7 Å². The van der Waals surface area contributed by atoms with Crippen molar-refractivity contribution in [3.63, 3.8) is 0 Å². The third kappa shape index (κ3) is 6.19. The van der Waals surface area contributed by atoms with Crippen molar-refractivity contribution >= 4 is 5.78 Å². The second-order valence-corrected chi connectivity index (χ2v) is 6.75. The molecule has 0 fully saturated rings. The van der Waals surface area contributed by atoms with Crippen molar-refractivity contribution in [2.45, 2.75) is 64.7 Å². The highest BCUT2D eigenvalue weighted by Crippen LogP contribution is 2.30. The lowest BCUT2D eigenvalue weighted by Crippen LogP contribution is -2.04. The minimum Gasteiger partial charge on any atom is -0.285 e. The van der Waals surface area contributed by atoms with Crippen molar-refractivity contribution in [3.05, 3.63) is 71.3 Å². The summed E-state index contributed by atoms with van der Waals surface area (Å²) in [6.07, 6.45) is 6.46. The number of rotatable bonds is 9. The molecule has 1 heteroatoms. The second-order valence-electron chi connectivity index (χ2n) is 6.75. The Hall–Kier alpha value is -2.33. The van der Waals surface area contributed by atoms with Crippen LogP contribution in [-0.2, 0) is 11.2 Å². The largest absolute Gasteiger partial charge is 0.285 e. The number of benzene rings is 2. The number of carbonyl (C=O) groups excluding carboxylic acids is 1. The van der Waals surface area contributed by atoms with Crippen LogP contribution in [0.1, 0.15) is 75.0 Å². The van der Waals surface area contributed by atoms with Gasteiger partial charge in [-0.05, 0) is 54.7 Å². The van der Waals surface area contributed by atoms with E-state index in [0.717, 1.165) is 38.5 Å². The van der Waals surface area contributed by atoms with Crippen LogP contribution in [0.3, 0.4) is 0 Å². The van der Waals surface area contributed by atoms with E-state index in [1.54, 1.807) is 0 Å². The van der Waals surface area contributed by atoms with Crippen molar-refractivity contribution in [2.24, 2.45) is 0 Å². The van der Waals surface area contributed by atoms with Gasteiger partial charge in [-0.1, -0.05) is 74.4 Å². The van der Waals surface area contributed by atoms with Gasteiger partial charge in [0.05, 0.1) is 0 Å². The average Bonchev–Trinajstić information content (AvgIpc) is 2.68. The minimum atomic E-state index is 0.0856. The molecule has 0 radical (unpaired) electrons. The summed E-state index contributed by atoms with van der Waals surface area (Å²) < 4.78 is 0. The second kappa shape index (κ2) is 11.3. The highest BCUT2D eigenvalue weighted by molar-refractivity contribution is 5.95. The lowest BCUT2D eigenvalue weighted by atomic mass is 9.85. The van der Waals surface area contributed by atoms with E-state index in [0.29, 0.717) is 12.3 Å². The standard InChI is InChI=1S/C25H30O/c1-3-5-7-18-23(26)19-12-10-16-22-17-11-13-20-25(22)24(4-2)21-14-8-6-9-15-21/h6,8-9,11,13-15,17,20,24H,3-5,10,12,16,19H2,1-2H3. The molecule has 0 spiro atoms. The van der Waals surface area contributed by atoms with Crippen LogP contribution in [0, 0.1) is 11.8 Å². The molecule has 1 nitrogen and oxygen atoms in total. The monoisotopic (exact) mass is 346 g/mol. The van der Waals surface area contributed by atoms with Gasteiger partial charge in [0.2, 0.25) is 5.78 Å². The first-order valence-electron chi connectivity index (χ1n) is 9.90. The van der Waals surface area contributed by atoms with Crippen molar-refractivity contribution in [1.82, 2.24) is 0 Å². The first-order valence-corrected chi connectivity index (χ1v) is 9.90. The van der Waals surface area contributed by atoms with Crippen molar-refractivity contribution < 1.29 is 4.79 Å². The summed E-state index contributed by atoms with van der Waals surface area (Å²) in [7, 11) is 0. The van der Waals surface area contributed by atoms with Gasteiger partial charge in [-0.3, -0.25) is 4.79 Å². The maximum absolute atomic E-state index is 11.8. The van der Waals surface area contributed by atoms with Gasteiger partial charge in [-0.25, -0.2) is 0 Å². The third-order valence-corrected chi connectivity index (χ3v) is 4.74. The normalized spacial score (nSPS) is 11.5. The van der Waals surface area contributed by atoms with Crippen LogP contribution < -0.4 is 0 Å². The molecule has 1 atom stereocenters. The van der Waals surface area contributed by atoms with E-state index < -0.39 is 0 Å². The minimum absolute atomic E-state index is 0.0856. The Morgan fingerprint density at radius 1 is 0.962 bits per heavy atom. The molecule has 0 aliphatic carbocycles. The van der Waals surface area contributed by atoms with Crippen LogP contribution in [0.25, 0.3) is 0 Å². The van der Waals surface area contributed by atoms with Crippen molar-refractivity contribution in [1.29, 1.82) is 0 Å². The van der Waals surface area contributed by atoms with Crippen LogP contribution in [0.5, 0.6) is 0 Å². The van der Waals surface area contributed by atoms with Crippen molar-refractivity contribution in [2.75, 3.05) is 0 Å². The first-order chi connectivity index (χ1) is 12.8. The van der Waals surface area contributed by atoms with Crippen LogP contribution in [0.15, 0.2) is 54.6 Å². The van der Waals surface area contributed by atoms with Gasteiger partial charge >= 0.3 is 0 Å². The SMILES string of the molecule is CCCC#CC(=O)CCCCc1ccccc1C(CC)c1ccccc1. The summed E-state index contributed by atoms with van der Waals surface area (Å²) in [6, 6.07) is 19.5. The fourth-order valence-corrected chi connectivity index (χ4v) is 3.37. The number of Topliss-reactive ketones (excluding diaryl/α,β-unsaturated/α-hetero) is 1. The molecule has 136 valence electrons. The van der Waals surface area contributed by atoms with Gasteiger partial charge in [0, 0.05) is 18.8 Å². The molecule has 0 aliphatic rings. The fourth-order valence-electron chi connectivity index (χ4n) is 3.37. The number of carbonyl (C=O) groups is 1. The highest BCUT2D eigenvalue weighted by atomic mass is 16.1.